The molecular weight excluding hydrogens is 384 g/mol. The summed E-state index contributed by atoms with van der Waals surface area (Å²) in [6.07, 6.45) is 3.27. The third-order valence-electron chi connectivity index (χ3n) is 4.41. The van der Waals surface area contributed by atoms with Crippen LogP contribution in [0.4, 0.5) is 0 Å². The number of fused-ring (bicyclic) bond motifs is 1. The Morgan fingerprint density at radius 3 is 2.78 bits per heavy atom. The van der Waals surface area contributed by atoms with E-state index in [-0.39, 0.29) is 13.1 Å². The number of hydrogen-bond acceptors (Lipinski definition) is 4. The molecule has 1 aromatic heterocycles. The molecule has 0 spiro atoms. The Morgan fingerprint density at radius 1 is 1.15 bits per heavy atom. The Hall–Kier alpha value is -2.41. The predicted octanol–water partition coefficient (Wildman–Crippen LogP) is 4.54. The van der Waals surface area contributed by atoms with Crippen molar-refractivity contribution in [1.82, 2.24) is 9.29 Å². The van der Waals surface area contributed by atoms with Gasteiger partial charge >= 0.3 is 0 Å². The van der Waals surface area contributed by atoms with Gasteiger partial charge in [0.05, 0.1) is 11.1 Å². The third kappa shape index (κ3) is 3.56. The van der Waals surface area contributed by atoms with Crippen LogP contribution in [0, 0.1) is 6.92 Å². The number of halogens is 1. The fraction of sp³-hybridized carbons (Fsp3) is 0.150. The molecule has 2 aromatic carbocycles. The number of aryl methyl sites for hydroxylation is 1. The molecule has 4 rings (SSSR count). The van der Waals surface area contributed by atoms with Crippen LogP contribution in [0.1, 0.15) is 16.7 Å². The summed E-state index contributed by atoms with van der Waals surface area (Å²) in [4.78, 5) is 4.32. The lowest BCUT2D eigenvalue weighted by molar-refractivity contribution is 0.419. The molecule has 3 aromatic rings. The van der Waals surface area contributed by atoms with Crippen LogP contribution in [0.15, 0.2) is 65.8 Å². The van der Waals surface area contributed by atoms with Gasteiger partial charge in [-0.1, -0.05) is 29.3 Å². The van der Waals surface area contributed by atoms with Crippen LogP contribution in [0.2, 0.25) is 5.02 Å². The van der Waals surface area contributed by atoms with Crippen molar-refractivity contribution in [3.05, 3.63) is 82.6 Å². The SMILES string of the molecule is Cc1ccc(Cl)c(CN2Cc3cc(Oc4cccnc4)ccc3S2(=O)=O)c1. The van der Waals surface area contributed by atoms with Crippen molar-refractivity contribution in [1.29, 1.82) is 0 Å². The minimum absolute atomic E-state index is 0.232. The quantitative estimate of drug-likeness (QED) is 0.645. The Bertz CT molecular complexity index is 1100. The van der Waals surface area contributed by atoms with E-state index in [0.29, 0.717) is 27.0 Å². The molecule has 0 saturated carbocycles. The zero-order valence-electron chi connectivity index (χ0n) is 14.6. The van der Waals surface area contributed by atoms with E-state index in [1.165, 1.54) is 4.31 Å². The number of sulfonamides is 1. The van der Waals surface area contributed by atoms with Gasteiger partial charge in [0, 0.05) is 24.3 Å². The van der Waals surface area contributed by atoms with Gasteiger partial charge in [-0.2, -0.15) is 4.31 Å². The highest BCUT2D eigenvalue weighted by molar-refractivity contribution is 7.89. The summed E-state index contributed by atoms with van der Waals surface area (Å²) < 4.78 is 33.0. The average molecular weight is 401 g/mol. The standard InChI is InChI=1S/C20H17ClN2O3S/c1-14-4-6-19(21)15(9-14)12-23-13-16-10-17(5-7-20(16)27(23,24)25)26-18-3-2-8-22-11-18/h2-11H,12-13H2,1H3. The van der Waals surface area contributed by atoms with Gasteiger partial charge in [-0.15, -0.1) is 0 Å². The van der Waals surface area contributed by atoms with E-state index in [1.807, 2.05) is 19.1 Å². The van der Waals surface area contributed by atoms with Crippen LogP contribution < -0.4 is 4.74 Å². The second-order valence-corrected chi connectivity index (χ2v) is 8.74. The third-order valence-corrected chi connectivity index (χ3v) is 6.68. The molecule has 0 atom stereocenters. The first-order valence-electron chi connectivity index (χ1n) is 8.39. The highest BCUT2D eigenvalue weighted by Gasteiger charge is 2.35. The molecule has 0 aliphatic carbocycles. The Balaban J connectivity index is 1.61. The number of rotatable bonds is 4. The van der Waals surface area contributed by atoms with Crippen molar-refractivity contribution < 1.29 is 13.2 Å². The number of nitrogens with zero attached hydrogens (tertiary/aromatic N) is 2. The summed E-state index contributed by atoms with van der Waals surface area (Å²) in [5.41, 5.74) is 2.54. The summed E-state index contributed by atoms with van der Waals surface area (Å²) in [6.45, 7) is 2.47. The summed E-state index contributed by atoms with van der Waals surface area (Å²) in [5.74, 6) is 1.18. The van der Waals surface area contributed by atoms with Crippen LogP contribution in [0.3, 0.4) is 0 Å². The Labute approximate surface area is 163 Å². The lowest BCUT2D eigenvalue weighted by Gasteiger charge is -2.15. The highest BCUT2D eigenvalue weighted by atomic mass is 35.5. The Kier molecular flexibility index (Phi) is 4.63. The van der Waals surface area contributed by atoms with Crippen molar-refractivity contribution in [3.8, 4) is 11.5 Å². The van der Waals surface area contributed by atoms with Gasteiger partial charge in [-0.05, 0) is 54.4 Å². The smallest absolute Gasteiger partial charge is 0.244 e. The molecule has 0 unspecified atom stereocenters. The number of hydrogen-bond donors (Lipinski definition) is 0. The molecule has 1 aliphatic heterocycles. The molecule has 0 fully saturated rings. The maximum atomic E-state index is 12.9. The normalized spacial score (nSPS) is 15.5. The zero-order valence-corrected chi connectivity index (χ0v) is 16.2. The molecule has 0 N–H and O–H groups in total. The summed E-state index contributed by atoms with van der Waals surface area (Å²) in [5, 5.41) is 0.562. The topological polar surface area (TPSA) is 59.5 Å². The molecule has 7 heteroatoms. The van der Waals surface area contributed by atoms with E-state index < -0.39 is 10.0 Å². The fourth-order valence-corrected chi connectivity index (χ4v) is 4.88. The minimum atomic E-state index is -3.56. The molecule has 2 heterocycles. The van der Waals surface area contributed by atoms with E-state index in [9.17, 15) is 8.42 Å². The average Bonchev–Trinajstić information content (AvgIpc) is 2.89. The van der Waals surface area contributed by atoms with Crippen LogP contribution >= 0.6 is 11.6 Å². The molecule has 0 radical (unpaired) electrons. The molecule has 0 bridgehead atoms. The van der Waals surface area contributed by atoms with Crippen LogP contribution in [0.25, 0.3) is 0 Å². The number of pyridine rings is 1. The van der Waals surface area contributed by atoms with Gasteiger partial charge in [0.1, 0.15) is 11.5 Å². The van der Waals surface area contributed by atoms with Gasteiger partial charge in [-0.3, -0.25) is 4.98 Å². The van der Waals surface area contributed by atoms with E-state index in [0.717, 1.165) is 11.1 Å². The second-order valence-electron chi connectivity index (χ2n) is 6.43. The Morgan fingerprint density at radius 2 is 2.00 bits per heavy atom. The molecule has 0 saturated heterocycles. The molecule has 0 amide bonds. The van der Waals surface area contributed by atoms with Gasteiger partial charge in [0.15, 0.2) is 0 Å². The largest absolute Gasteiger partial charge is 0.456 e. The highest BCUT2D eigenvalue weighted by Crippen LogP contribution is 2.35. The van der Waals surface area contributed by atoms with E-state index >= 15 is 0 Å². The number of aromatic nitrogens is 1. The molecule has 27 heavy (non-hydrogen) atoms. The van der Waals surface area contributed by atoms with Crippen molar-refractivity contribution in [3.63, 3.8) is 0 Å². The van der Waals surface area contributed by atoms with Gasteiger partial charge in [0.2, 0.25) is 10.0 Å². The zero-order chi connectivity index (χ0) is 19.0. The number of ether oxygens (including phenoxy) is 1. The molecule has 5 nitrogen and oxygen atoms in total. The number of benzene rings is 2. The molecular formula is C20H17ClN2O3S. The monoisotopic (exact) mass is 400 g/mol. The first-order valence-corrected chi connectivity index (χ1v) is 10.2. The summed E-state index contributed by atoms with van der Waals surface area (Å²) in [7, 11) is -3.56. The van der Waals surface area contributed by atoms with Crippen molar-refractivity contribution in [2.24, 2.45) is 0 Å². The summed E-state index contributed by atoms with van der Waals surface area (Å²) in [6, 6.07) is 14.2. The van der Waals surface area contributed by atoms with E-state index in [1.54, 1.807) is 48.8 Å². The van der Waals surface area contributed by atoms with Gasteiger partial charge in [0.25, 0.3) is 0 Å². The van der Waals surface area contributed by atoms with E-state index in [4.69, 9.17) is 16.3 Å². The maximum Gasteiger partial charge on any atom is 0.244 e. The first kappa shape index (κ1) is 18.0. The predicted molar refractivity (Wildman–Crippen MR) is 103 cm³/mol. The van der Waals surface area contributed by atoms with Crippen LogP contribution in [-0.2, 0) is 23.1 Å². The van der Waals surface area contributed by atoms with Crippen LogP contribution in [0.5, 0.6) is 11.5 Å². The first-order chi connectivity index (χ1) is 12.9. The fourth-order valence-electron chi connectivity index (χ4n) is 3.11. The molecule has 1 aliphatic rings. The van der Waals surface area contributed by atoms with Crippen molar-refractivity contribution >= 4 is 21.6 Å². The van der Waals surface area contributed by atoms with E-state index in [2.05, 4.69) is 4.98 Å². The van der Waals surface area contributed by atoms with Crippen molar-refractivity contribution in [2.75, 3.05) is 0 Å². The van der Waals surface area contributed by atoms with Gasteiger partial charge in [-0.25, -0.2) is 8.42 Å². The lowest BCUT2D eigenvalue weighted by atomic mass is 10.1. The minimum Gasteiger partial charge on any atom is -0.456 e. The van der Waals surface area contributed by atoms with Gasteiger partial charge < -0.3 is 4.74 Å². The lowest BCUT2D eigenvalue weighted by Crippen LogP contribution is -2.24. The maximum absolute atomic E-state index is 12.9. The van der Waals surface area contributed by atoms with Crippen LogP contribution in [-0.4, -0.2) is 17.7 Å². The molecule has 138 valence electrons. The van der Waals surface area contributed by atoms with Crippen molar-refractivity contribution in [2.45, 2.75) is 24.9 Å². The second kappa shape index (κ2) is 6.96. The summed E-state index contributed by atoms with van der Waals surface area (Å²) >= 11 is 6.25.